The SMILES string of the molecule is Cc1cc(C)c([B-]2(c3c(C)cc(C)cc3C)c3ccccc3-c3cccc[n+]32)c(C)c1. The van der Waals surface area contributed by atoms with Gasteiger partial charge in [-0.05, 0) is 47.6 Å². The van der Waals surface area contributed by atoms with Crippen molar-refractivity contribution in [1.82, 2.24) is 0 Å². The van der Waals surface area contributed by atoms with Crippen LogP contribution in [0.1, 0.15) is 33.4 Å². The number of rotatable bonds is 2. The Morgan fingerprint density at radius 2 is 1.06 bits per heavy atom. The highest BCUT2D eigenvalue weighted by Gasteiger charge is 2.52. The Bertz CT molecular complexity index is 1200. The van der Waals surface area contributed by atoms with E-state index in [9.17, 15) is 0 Å². The third kappa shape index (κ3) is 2.67. The Hall–Kier alpha value is -3.13. The first kappa shape index (κ1) is 19.8. The van der Waals surface area contributed by atoms with Crippen LogP contribution in [-0.2, 0) is 0 Å². The highest BCUT2D eigenvalue weighted by atomic mass is 14.9. The second kappa shape index (κ2) is 6.95. The van der Waals surface area contributed by atoms with Crippen molar-refractivity contribution in [3.8, 4) is 11.3 Å². The Balaban J connectivity index is 2.07. The normalized spacial score (nSPS) is 13.7. The van der Waals surface area contributed by atoms with E-state index in [4.69, 9.17) is 0 Å². The molecule has 31 heavy (non-hydrogen) atoms. The molecule has 0 bridgehead atoms. The zero-order chi connectivity index (χ0) is 21.9. The lowest BCUT2D eigenvalue weighted by Gasteiger charge is -2.38. The highest BCUT2D eigenvalue weighted by Crippen LogP contribution is 2.27. The molecule has 154 valence electrons. The van der Waals surface area contributed by atoms with Gasteiger partial charge >= 0.3 is 6.28 Å². The first-order valence-corrected chi connectivity index (χ1v) is 11.3. The minimum Gasteiger partial charge on any atom is -0.408 e. The standard InChI is InChI=1S/C29H30BN/c1-19-15-21(3)28(22(4)16-19)30(29-23(5)17-20(2)18-24(29)6)26-12-8-7-11-25(26)27-13-9-10-14-31(27)30/h7-18H,1-6H3. The van der Waals surface area contributed by atoms with Crippen LogP contribution in [0.25, 0.3) is 11.3 Å². The van der Waals surface area contributed by atoms with E-state index >= 15 is 0 Å². The second-order valence-electron chi connectivity index (χ2n) is 9.53. The highest BCUT2D eigenvalue weighted by molar-refractivity contribution is 7.07. The summed E-state index contributed by atoms with van der Waals surface area (Å²) in [6.45, 7) is 13.6. The van der Waals surface area contributed by atoms with Crippen LogP contribution in [0.2, 0.25) is 0 Å². The number of pyridine rings is 1. The average molecular weight is 403 g/mol. The Morgan fingerprint density at radius 3 is 1.61 bits per heavy atom. The summed E-state index contributed by atoms with van der Waals surface area (Å²) in [5, 5.41) is 0. The Morgan fingerprint density at radius 1 is 0.581 bits per heavy atom. The molecule has 1 nitrogen and oxygen atoms in total. The van der Waals surface area contributed by atoms with Gasteiger partial charge in [0.25, 0.3) is 0 Å². The predicted octanol–water partition coefficient (Wildman–Crippen LogP) is 4.32. The topological polar surface area (TPSA) is 3.88 Å². The van der Waals surface area contributed by atoms with Crippen LogP contribution >= 0.6 is 0 Å². The number of aryl methyl sites for hydroxylation is 6. The number of aromatic nitrogens is 1. The number of benzene rings is 3. The zero-order valence-electron chi connectivity index (χ0n) is 19.5. The van der Waals surface area contributed by atoms with Crippen LogP contribution in [0.15, 0.2) is 72.9 Å². The smallest absolute Gasteiger partial charge is 0.362 e. The third-order valence-electron chi connectivity index (χ3n) is 7.31. The minimum absolute atomic E-state index is 1.30. The summed E-state index contributed by atoms with van der Waals surface area (Å²) in [7, 11) is 0. The van der Waals surface area contributed by atoms with Gasteiger partial charge in [-0.25, -0.2) is 0 Å². The Kier molecular flexibility index (Phi) is 4.44. The summed E-state index contributed by atoms with van der Waals surface area (Å²) < 4.78 is 2.58. The average Bonchev–Trinajstić information content (AvgIpc) is 2.98. The van der Waals surface area contributed by atoms with Gasteiger partial charge in [-0.3, -0.25) is 0 Å². The summed E-state index contributed by atoms with van der Waals surface area (Å²) in [6.07, 6.45) is 0.943. The zero-order valence-corrected chi connectivity index (χ0v) is 19.5. The number of nitrogens with zero attached hydrogens (tertiary/aromatic N) is 1. The lowest BCUT2D eigenvalue weighted by molar-refractivity contribution is -0.524. The van der Waals surface area contributed by atoms with Gasteiger partial charge in [0.1, 0.15) is 6.20 Å². The van der Waals surface area contributed by atoms with Crippen molar-refractivity contribution in [1.29, 1.82) is 0 Å². The number of hydrogen-bond acceptors (Lipinski definition) is 0. The van der Waals surface area contributed by atoms with E-state index in [-0.39, 0.29) is 0 Å². The molecule has 3 aromatic carbocycles. The number of fused-ring (bicyclic) bond motifs is 3. The van der Waals surface area contributed by atoms with Crippen LogP contribution in [0.4, 0.5) is 0 Å². The van der Waals surface area contributed by atoms with E-state index in [1.165, 1.54) is 61.0 Å². The molecule has 0 radical (unpaired) electrons. The van der Waals surface area contributed by atoms with E-state index in [1.807, 2.05) is 0 Å². The van der Waals surface area contributed by atoms with Gasteiger partial charge in [0.2, 0.25) is 0 Å². The molecule has 1 aliphatic rings. The van der Waals surface area contributed by atoms with E-state index in [1.54, 1.807) is 0 Å². The van der Waals surface area contributed by atoms with Crippen LogP contribution in [0.5, 0.6) is 0 Å². The molecule has 1 aliphatic heterocycles. The molecule has 0 spiro atoms. The molecule has 5 rings (SSSR count). The van der Waals surface area contributed by atoms with Crippen molar-refractivity contribution in [3.05, 3.63) is 106 Å². The van der Waals surface area contributed by atoms with E-state index in [0.717, 1.165) is 0 Å². The first-order valence-electron chi connectivity index (χ1n) is 11.3. The van der Waals surface area contributed by atoms with Crippen molar-refractivity contribution in [2.75, 3.05) is 0 Å². The molecule has 0 fully saturated rings. The molecule has 0 N–H and O–H groups in total. The molecule has 0 aliphatic carbocycles. The maximum atomic E-state index is 2.58. The fourth-order valence-electron chi connectivity index (χ4n) is 6.70. The molecule has 2 heterocycles. The van der Waals surface area contributed by atoms with Crippen molar-refractivity contribution in [2.45, 2.75) is 41.5 Å². The maximum absolute atomic E-state index is 2.58. The monoisotopic (exact) mass is 403 g/mol. The van der Waals surface area contributed by atoms with Gasteiger partial charge in [-0.2, -0.15) is 0 Å². The van der Waals surface area contributed by atoms with Gasteiger partial charge in [0, 0.05) is 11.6 Å². The van der Waals surface area contributed by atoms with E-state index < -0.39 is 6.28 Å². The largest absolute Gasteiger partial charge is 0.408 e. The molecule has 0 saturated heterocycles. The van der Waals surface area contributed by atoms with Crippen LogP contribution < -0.4 is 20.9 Å². The molecular weight excluding hydrogens is 373 g/mol. The summed E-state index contributed by atoms with van der Waals surface area (Å²) >= 11 is 0. The fourth-order valence-corrected chi connectivity index (χ4v) is 6.70. The van der Waals surface area contributed by atoms with Crippen molar-refractivity contribution >= 4 is 22.7 Å². The van der Waals surface area contributed by atoms with E-state index in [0.29, 0.717) is 0 Å². The second-order valence-corrected chi connectivity index (χ2v) is 9.53. The molecule has 4 aromatic rings. The third-order valence-corrected chi connectivity index (χ3v) is 7.31. The summed E-state index contributed by atoms with van der Waals surface area (Å²) in [6, 6.07) is 25.1. The molecule has 0 unspecified atom stereocenters. The van der Waals surface area contributed by atoms with Crippen LogP contribution in [-0.4, -0.2) is 6.28 Å². The molecule has 1 aromatic heterocycles. The van der Waals surface area contributed by atoms with Crippen LogP contribution in [0, 0.1) is 41.5 Å². The molecule has 0 atom stereocenters. The van der Waals surface area contributed by atoms with Gasteiger partial charge in [0.15, 0.2) is 5.69 Å². The summed E-state index contributed by atoms with van der Waals surface area (Å²) in [4.78, 5) is 0. The van der Waals surface area contributed by atoms with Gasteiger partial charge in [0.05, 0.1) is 0 Å². The number of hydrogen-bond donors (Lipinski definition) is 0. The van der Waals surface area contributed by atoms with Gasteiger partial charge < -0.3 is 4.48 Å². The summed E-state index contributed by atoms with van der Waals surface area (Å²) in [5.74, 6) is 0. The lowest BCUT2D eigenvalue weighted by Crippen LogP contribution is -2.84. The molecule has 0 saturated carbocycles. The predicted molar refractivity (Wildman–Crippen MR) is 133 cm³/mol. The van der Waals surface area contributed by atoms with E-state index in [2.05, 4.69) is 119 Å². The van der Waals surface area contributed by atoms with Crippen LogP contribution in [0.3, 0.4) is 0 Å². The van der Waals surface area contributed by atoms with Crippen molar-refractivity contribution < 1.29 is 4.48 Å². The molecule has 0 amide bonds. The Labute approximate surface area is 186 Å². The van der Waals surface area contributed by atoms with Crippen molar-refractivity contribution in [3.63, 3.8) is 0 Å². The lowest BCUT2D eigenvalue weighted by atomic mass is 9.22. The first-order chi connectivity index (χ1) is 14.9. The fraction of sp³-hybridized carbons (Fsp3) is 0.207. The molecule has 2 heteroatoms. The summed E-state index contributed by atoms with van der Waals surface area (Å²) in [5.41, 5.74) is 15.1. The minimum atomic E-state index is -1.36. The van der Waals surface area contributed by atoms with Gasteiger partial charge in [-0.1, -0.05) is 88.0 Å². The van der Waals surface area contributed by atoms with Crippen molar-refractivity contribution in [2.24, 2.45) is 0 Å². The molecular formula is C29H30BN. The van der Waals surface area contributed by atoms with Gasteiger partial charge in [-0.15, -0.1) is 16.4 Å². The quantitative estimate of drug-likeness (QED) is 0.387. The maximum Gasteiger partial charge on any atom is 0.362 e.